The van der Waals surface area contributed by atoms with E-state index in [-0.39, 0.29) is 10.6 Å². The van der Waals surface area contributed by atoms with Gasteiger partial charge in [-0.1, -0.05) is 12.1 Å². The van der Waals surface area contributed by atoms with Crippen molar-refractivity contribution in [1.29, 1.82) is 0 Å². The van der Waals surface area contributed by atoms with E-state index in [2.05, 4.69) is 0 Å². The molecule has 5 nitrogen and oxygen atoms in total. The molecular weight excluding hydrogens is 371 g/mol. The summed E-state index contributed by atoms with van der Waals surface area (Å²) >= 11 is 1.97. The van der Waals surface area contributed by atoms with E-state index in [1.807, 2.05) is 58.8 Å². The molecule has 2 rings (SSSR count). The van der Waals surface area contributed by atoms with Crippen molar-refractivity contribution in [2.24, 2.45) is 0 Å². The third-order valence-electron chi connectivity index (χ3n) is 2.96. The highest BCUT2D eigenvalue weighted by atomic mass is 127. The molecular formula is C14H13IN2O3. The molecule has 0 amide bonds. The van der Waals surface area contributed by atoms with Gasteiger partial charge in [-0.05, 0) is 46.9 Å². The molecule has 0 saturated heterocycles. The highest BCUT2D eigenvalue weighted by Crippen LogP contribution is 2.34. The van der Waals surface area contributed by atoms with Gasteiger partial charge in [0.1, 0.15) is 5.75 Å². The number of nitro groups is 1. The minimum absolute atomic E-state index is 0.114. The van der Waals surface area contributed by atoms with Gasteiger partial charge in [-0.25, -0.2) is 0 Å². The zero-order valence-electron chi connectivity index (χ0n) is 11.0. The lowest BCUT2D eigenvalue weighted by Crippen LogP contribution is -2.11. The summed E-state index contributed by atoms with van der Waals surface area (Å²) in [5, 5.41) is 10.8. The van der Waals surface area contributed by atoms with Crippen LogP contribution in [0, 0.1) is 13.7 Å². The summed E-state index contributed by atoms with van der Waals surface area (Å²) in [7, 11) is 3.52. The summed E-state index contributed by atoms with van der Waals surface area (Å²) in [5.41, 5.74) is 1.88. The Labute approximate surface area is 130 Å². The highest BCUT2D eigenvalue weighted by molar-refractivity contribution is 14.1. The van der Waals surface area contributed by atoms with Crippen LogP contribution in [0.1, 0.15) is 0 Å². The molecule has 0 heterocycles. The van der Waals surface area contributed by atoms with E-state index in [0.29, 0.717) is 3.57 Å². The second kappa shape index (κ2) is 6.08. The van der Waals surface area contributed by atoms with Crippen LogP contribution in [0.5, 0.6) is 5.75 Å². The Balaban J connectivity index is 2.41. The molecule has 0 N–H and O–H groups in total. The number of anilines is 2. The van der Waals surface area contributed by atoms with Crippen LogP contribution < -0.4 is 9.64 Å². The summed E-state index contributed by atoms with van der Waals surface area (Å²) in [6.45, 7) is 0. The Hall–Kier alpha value is -1.83. The molecule has 0 fully saturated rings. The normalized spacial score (nSPS) is 10.2. The van der Waals surface area contributed by atoms with E-state index in [4.69, 9.17) is 4.74 Å². The van der Waals surface area contributed by atoms with Crippen molar-refractivity contribution in [2.75, 3.05) is 19.1 Å². The third-order valence-corrected chi connectivity index (χ3v) is 3.83. The van der Waals surface area contributed by atoms with E-state index in [0.717, 1.165) is 17.1 Å². The summed E-state index contributed by atoms with van der Waals surface area (Å²) in [5.74, 6) is 0.753. The van der Waals surface area contributed by atoms with Gasteiger partial charge in [0.2, 0.25) is 0 Å². The molecule has 6 heteroatoms. The quantitative estimate of drug-likeness (QED) is 0.455. The largest absolute Gasteiger partial charge is 0.495 e. The minimum Gasteiger partial charge on any atom is -0.495 e. The topological polar surface area (TPSA) is 55.6 Å². The van der Waals surface area contributed by atoms with Gasteiger partial charge in [0.15, 0.2) is 0 Å². The second-order valence-corrected chi connectivity index (χ2v) is 5.29. The van der Waals surface area contributed by atoms with Crippen LogP contribution in [0.2, 0.25) is 0 Å². The molecule has 0 radical (unpaired) electrons. The molecule has 2 aromatic carbocycles. The highest BCUT2D eigenvalue weighted by Gasteiger charge is 2.15. The van der Waals surface area contributed by atoms with Gasteiger partial charge in [0.25, 0.3) is 5.69 Å². The molecule has 0 aromatic heterocycles. The fourth-order valence-electron chi connectivity index (χ4n) is 1.90. The van der Waals surface area contributed by atoms with Crippen LogP contribution in [0.4, 0.5) is 17.1 Å². The van der Waals surface area contributed by atoms with Crippen molar-refractivity contribution < 1.29 is 9.66 Å². The maximum Gasteiger partial charge on any atom is 0.282 e. The van der Waals surface area contributed by atoms with E-state index >= 15 is 0 Å². The van der Waals surface area contributed by atoms with Crippen molar-refractivity contribution >= 4 is 39.7 Å². The fraction of sp³-hybridized carbons (Fsp3) is 0.143. The number of nitrogens with zero attached hydrogens (tertiary/aromatic N) is 2. The first-order valence-electron chi connectivity index (χ1n) is 5.85. The lowest BCUT2D eigenvalue weighted by atomic mass is 10.2. The molecule has 0 bridgehead atoms. The first kappa shape index (κ1) is 14.6. The van der Waals surface area contributed by atoms with Crippen LogP contribution in [0.25, 0.3) is 0 Å². The minimum atomic E-state index is -0.380. The van der Waals surface area contributed by atoms with Crippen LogP contribution in [-0.2, 0) is 0 Å². The van der Waals surface area contributed by atoms with E-state index in [1.165, 1.54) is 6.07 Å². The third kappa shape index (κ3) is 2.84. The molecule has 0 aliphatic heterocycles. The predicted octanol–water partition coefficient (Wildman–Crippen LogP) is 3.98. The zero-order valence-corrected chi connectivity index (χ0v) is 13.2. The molecule has 2 aromatic rings. The monoisotopic (exact) mass is 384 g/mol. The first-order valence-corrected chi connectivity index (χ1v) is 6.93. The number of ether oxygens (including phenoxy) is 1. The summed E-state index contributed by atoms with van der Waals surface area (Å²) in [6, 6.07) is 12.7. The van der Waals surface area contributed by atoms with Crippen LogP contribution >= 0.6 is 22.6 Å². The first-order chi connectivity index (χ1) is 9.54. The fourth-order valence-corrected chi connectivity index (χ4v) is 2.59. The number of rotatable bonds is 4. The number of hydrogen-bond donors (Lipinski definition) is 0. The average Bonchev–Trinajstić information content (AvgIpc) is 2.45. The number of benzene rings is 2. The SMILES string of the molecule is COc1ccccc1N(C)c1ccc([N+](=O)[O-])c(I)c1. The Kier molecular flexibility index (Phi) is 4.43. The van der Waals surface area contributed by atoms with E-state index in [9.17, 15) is 10.1 Å². The van der Waals surface area contributed by atoms with Crippen LogP contribution in [-0.4, -0.2) is 19.1 Å². The molecule has 0 aliphatic carbocycles. The van der Waals surface area contributed by atoms with Crippen molar-refractivity contribution in [3.05, 3.63) is 56.1 Å². The van der Waals surface area contributed by atoms with Crippen LogP contribution in [0.15, 0.2) is 42.5 Å². The number of para-hydroxylation sites is 2. The number of halogens is 1. The summed E-state index contributed by atoms with van der Waals surface area (Å²) < 4.78 is 5.93. The number of nitro benzene ring substituents is 1. The Morgan fingerprint density at radius 1 is 1.25 bits per heavy atom. The smallest absolute Gasteiger partial charge is 0.282 e. The summed E-state index contributed by atoms with van der Waals surface area (Å²) in [6.07, 6.45) is 0. The van der Waals surface area contributed by atoms with Crippen molar-refractivity contribution in [2.45, 2.75) is 0 Å². The lowest BCUT2D eigenvalue weighted by Gasteiger charge is -2.22. The van der Waals surface area contributed by atoms with Gasteiger partial charge in [0.05, 0.1) is 21.3 Å². The van der Waals surface area contributed by atoms with Crippen molar-refractivity contribution in [3.63, 3.8) is 0 Å². The van der Waals surface area contributed by atoms with Gasteiger partial charge in [0, 0.05) is 18.8 Å². The van der Waals surface area contributed by atoms with E-state index in [1.54, 1.807) is 19.2 Å². The van der Waals surface area contributed by atoms with Crippen molar-refractivity contribution in [1.82, 2.24) is 0 Å². The standard InChI is InChI=1S/C14H13IN2O3/c1-16(13-5-3-4-6-14(13)20-2)10-7-8-12(17(18)19)11(15)9-10/h3-9H,1-2H3. The average molecular weight is 384 g/mol. The molecule has 0 saturated carbocycles. The maximum atomic E-state index is 10.8. The Morgan fingerprint density at radius 2 is 1.95 bits per heavy atom. The molecule has 0 unspecified atom stereocenters. The molecule has 0 atom stereocenters. The van der Waals surface area contributed by atoms with Gasteiger partial charge in [-0.3, -0.25) is 10.1 Å². The molecule has 0 spiro atoms. The number of methoxy groups -OCH3 is 1. The molecule has 20 heavy (non-hydrogen) atoms. The van der Waals surface area contributed by atoms with Gasteiger partial charge < -0.3 is 9.64 Å². The van der Waals surface area contributed by atoms with Gasteiger partial charge >= 0.3 is 0 Å². The zero-order chi connectivity index (χ0) is 14.7. The lowest BCUT2D eigenvalue weighted by molar-refractivity contribution is -0.385. The van der Waals surface area contributed by atoms with Gasteiger partial charge in [-0.2, -0.15) is 0 Å². The van der Waals surface area contributed by atoms with Crippen molar-refractivity contribution in [3.8, 4) is 5.75 Å². The van der Waals surface area contributed by atoms with E-state index < -0.39 is 0 Å². The molecule has 104 valence electrons. The summed E-state index contributed by atoms with van der Waals surface area (Å²) in [4.78, 5) is 12.4. The maximum absolute atomic E-state index is 10.8. The Bertz CT molecular complexity index is 646. The van der Waals surface area contributed by atoms with Crippen LogP contribution in [0.3, 0.4) is 0 Å². The Morgan fingerprint density at radius 3 is 2.55 bits per heavy atom. The number of hydrogen-bond acceptors (Lipinski definition) is 4. The van der Waals surface area contributed by atoms with Gasteiger partial charge in [-0.15, -0.1) is 0 Å². The second-order valence-electron chi connectivity index (χ2n) is 4.12. The predicted molar refractivity (Wildman–Crippen MR) is 86.9 cm³/mol. The molecule has 0 aliphatic rings.